The highest BCUT2D eigenvalue weighted by atomic mass is 31.2. The van der Waals surface area contributed by atoms with Crippen LogP contribution in [0, 0.1) is 11.8 Å². The van der Waals surface area contributed by atoms with Gasteiger partial charge in [0.1, 0.15) is 35.6 Å². The van der Waals surface area contributed by atoms with Crippen molar-refractivity contribution in [3.63, 3.8) is 0 Å². The topological polar surface area (TPSA) is 320 Å². The van der Waals surface area contributed by atoms with Crippen molar-refractivity contribution in [3.05, 3.63) is 100 Å². The second-order valence-corrected chi connectivity index (χ2v) is 22.3. The summed E-state index contributed by atoms with van der Waals surface area (Å²) in [5.74, 6) is 1.78. The number of halogens is 2. The first-order valence-electron chi connectivity index (χ1n) is 26.5. The molecule has 9 amide bonds. The van der Waals surface area contributed by atoms with Crippen LogP contribution in [0.25, 0.3) is 10.9 Å². The predicted octanol–water partition coefficient (Wildman–Crippen LogP) is 3.24. The van der Waals surface area contributed by atoms with Crippen molar-refractivity contribution >= 4 is 71.7 Å². The molecule has 0 radical (unpaired) electrons. The first-order valence-corrected chi connectivity index (χ1v) is 28.1. The zero-order valence-electron chi connectivity index (χ0n) is 43.3. The number of ether oxygens (including phenoxy) is 1. The average Bonchev–Trinajstić information content (AvgIpc) is 4.22. The molecule has 1 aromatic heterocycles. The molecule has 0 aliphatic carbocycles. The number of H-pyrrole nitrogens is 1. The first kappa shape index (κ1) is 56.7. The Morgan fingerprint density at radius 2 is 1.70 bits per heavy atom. The number of fused-ring (bicyclic) bond motifs is 4. The number of aromatic nitrogens is 1. The van der Waals surface area contributed by atoms with E-state index in [9.17, 15) is 66.3 Å². The molecule has 9 N–H and O–H groups in total. The van der Waals surface area contributed by atoms with Gasteiger partial charge in [0.05, 0.1) is 12.6 Å². The molecule has 422 valence electrons. The molecule has 80 heavy (non-hydrogen) atoms. The van der Waals surface area contributed by atoms with Crippen LogP contribution in [-0.4, -0.2) is 133 Å². The fourth-order valence-electron chi connectivity index (χ4n) is 11.1. The number of carbonyl (C=O) groups excluding carboxylic acids is 9. The Morgan fingerprint density at radius 1 is 0.900 bits per heavy atom. The van der Waals surface area contributed by atoms with Gasteiger partial charge in [-0.3, -0.25) is 53.0 Å². The van der Waals surface area contributed by atoms with Gasteiger partial charge < -0.3 is 55.9 Å². The molecule has 0 spiro atoms. The Morgan fingerprint density at radius 3 is 2.48 bits per heavy atom. The highest BCUT2D eigenvalue weighted by Crippen LogP contribution is 2.59. The monoisotopic (exact) mass is 1120 g/mol. The molecule has 5 aliphatic rings. The first-order chi connectivity index (χ1) is 38.2. The van der Waals surface area contributed by atoms with Gasteiger partial charge in [0.2, 0.25) is 41.4 Å². The number of nitrogens with two attached hydrogens (primary N) is 1. The lowest BCUT2D eigenvalue weighted by Crippen LogP contribution is -2.62. The molecule has 25 heteroatoms. The highest BCUT2D eigenvalue weighted by Gasteiger charge is 2.51. The molecule has 9 rings (SSSR count). The van der Waals surface area contributed by atoms with Crippen LogP contribution in [0.1, 0.15) is 133 Å². The molecule has 4 aromatic rings. The molecule has 3 unspecified atom stereocenters. The van der Waals surface area contributed by atoms with Gasteiger partial charge in [-0.05, 0) is 86.9 Å². The molecular formula is C55H60F2N9O13P. The molecular weight excluding hydrogens is 1060 g/mol. The number of benzene rings is 3. The number of nitrogens with zero attached hydrogens (tertiary/aromatic N) is 3. The lowest BCUT2D eigenvalue weighted by Gasteiger charge is -2.39. The number of amides is 9. The van der Waals surface area contributed by atoms with Crippen LogP contribution in [0.2, 0.25) is 0 Å². The number of hydrogen-bond donors (Lipinski definition) is 8. The summed E-state index contributed by atoms with van der Waals surface area (Å²) in [6, 6.07) is 10.6. The molecule has 5 aliphatic heterocycles. The molecule has 6 atom stereocenters. The van der Waals surface area contributed by atoms with Crippen molar-refractivity contribution in [1.29, 1.82) is 0 Å². The minimum absolute atomic E-state index is 0.00159. The predicted molar refractivity (Wildman–Crippen MR) is 281 cm³/mol. The number of piperidine rings is 1. The van der Waals surface area contributed by atoms with Gasteiger partial charge in [0.25, 0.3) is 11.8 Å². The van der Waals surface area contributed by atoms with Gasteiger partial charge in [-0.25, -0.2) is 0 Å². The Bertz CT molecular complexity index is 3280. The lowest BCUT2D eigenvalue weighted by molar-refractivity contribution is -0.145. The van der Waals surface area contributed by atoms with Crippen molar-refractivity contribution in [1.82, 2.24) is 41.0 Å². The normalized spacial score (nSPS) is 21.4. The van der Waals surface area contributed by atoms with E-state index >= 15 is 0 Å². The van der Waals surface area contributed by atoms with Crippen LogP contribution >= 0.6 is 7.60 Å². The molecule has 6 heterocycles. The van der Waals surface area contributed by atoms with Crippen LogP contribution in [-0.2, 0) is 50.3 Å². The molecule has 3 saturated heterocycles. The second-order valence-electron chi connectivity index (χ2n) is 20.6. The summed E-state index contributed by atoms with van der Waals surface area (Å²) in [6.45, 7) is 0.301. The van der Waals surface area contributed by atoms with Crippen LogP contribution in [0.5, 0.6) is 5.75 Å². The smallest absolute Gasteiger partial charge is 0.399 e. The van der Waals surface area contributed by atoms with Gasteiger partial charge >= 0.3 is 13.3 Å². The minimum Gasteiger partial charge on any atom is -0.493 e. The number of carbonyl (C=O) groups is 9. The molecule has 3 fully saturated rings. The zero-order valence-corrected chi connectivity index (χ0v) is 44.2. The number of imide groups is 1. The van der Waals surface area contributed by atoms with Crippen molar-refractivity contribution in [2.24, 2.45) is 5.73 Å². The summed E-state index contributed by atoms with van der Waals surface area (Å²) in [5, 5.41) is 10.7. The van der Waals surface area contributed by atoms with Gasteiger partial charge in [-0.1, -0.05) is 48.6 Å². The van der Waals surface area contributed by atoms with E-state index in [1.54, 1.807) is 36.4 Å². The molecule has 0 bridgehead atoms. The summed E-state index contributed by atoms with van der Waals surface area (Å²) >= 11 is 0. The number of para-hydroxylation sites is 1. The van der Waals surface area contributed by atoms with E-state index in [-0.39, 0.29) is 98.9 Å². The number of unbranched alkanes of at least 4 members (excludes halogenated alkanes) is 3. The van der Waals surface area contributed by atoms with Gasteiger partial charge in [0.15, 0.2) is 0 Å². The standard InChI is InChI=1S/C55H60F2N9O13P/c56-55(57,80(76,77)78)33-15-17-38-32(27-33)28-41(59-38)50(71)62-42-30-64(48(69)14-5-3-1-2-4-9-31-10-8-12-35-37(31)29-65(53(35)74)43-20-22-47(68)63-51(43)72)25-23-34-16-19-44(66(34)54(42)75)52(73)61-40(18-21-46(58)67)49(70)60-39-24-26-79-45-13-7-6-11-36(39)45/h6-8,10-13,15,17,27-28,34,39-40,42-44,59H,1-3,5,14,16,18-26,29-30H2,(H2,58,67)(H,60,70)(H,61,73)(H,62,71)(H,63,68,72)(H2,76,77,78)/t34-,39?,40?,42+,43?,44+/m1/s1. The summed E-state index contributed by atoms with van der Waals surface area (Å²) in [5.41, 5.74) is 2.41. The van der Waals surface area contributed by atoms with E-state index in [1.807, 2.05) is 6.07 Å². The van der Waals surface area contributed by atoms with Gasteiger partial charge in [-0.2, -0.15) is 8.78 Å². The third-order valence-corrected chi connectivity index (χ3v) is 16.3. The Labute approximate surface area is 457 Å². The van der Waals surface area contributed by atoms with Gasteiger partial charge in [0, 0.05) is 90.9 Å². The average molecular weight is 1120 g/mol. The van der Waals surface area contributed by atoms with Gasteiger partial charge in [-0.15, -0.1) is 0 Å². The quantitative estimate of drug-likeness (QED) is 0.0326. The third kappa shape index (κ3) is 12.2. The lowest BCUT2D eigenvalue weighted by atomic mass is 9.99. The van der Waals surface area contributed by atoms with E-state index in [0.717, 1.165) is 23.8 Å². The third-order valence-electron chi connectivity index (χ3n) is 15.3. The summed E-state index contributed by atoms with van der Waals surface area (Å²) in [4.78, 5) is 147. The number of rotatable bonds is 17. The largest absolute Gasteiger partial charge is 0.493 e. The van der Waals surface area contributed by atoms with E-state index in [4.69, 9.17) is 10.5 Å². The van der Waals surface area contributed by atoms with Crippen molar-refractivity contribution in [2.45, 2.75) is 132 Å². The zero-order chi connectivity index (χ0) is 57.0. The number of nitrogens with one attached hydrogen (secondary N) is 5. The highest BCUT2D eigenvalue weighted by molar-refractivity contribution is 7.52. The van der Waals surface area contributed by atoms with E-state index in [2.05, 4.69) is 38.1 Å². The SMILES string of the molecule is NC(=O)CCC(NC(=O)[C@@H]1CC[C@@H]2CCN(C(=O)CCCCCC#Cc3cccc4c3CN(C3CCC(=O)NC3=O)C4=O)C[C@H](NC(=O)c3cc4cc(C(F)(F)P(=O)(O)O)ccc4[nH]3)C(=O)N21)C(=O)NC1CCOc2ccccc21. The summed E-state index contributed by atoms with van der Waals surface area (Å²) in [7, 11) is -5.93. The van der Waals surface area contributed by atoms with E-state index < -0.39 is 90.5 Å². The number of alkyl halides is 2. The fourth-order valence-corrected chi connectivity index (χ4v) is 11.6. The van der Waals surface area contributed by atoms with Crippen LogP contribution in [0.4, 0.5) is 8.78 Å². The number of hydrogen-bond acceptors (Lipinski definition) is 11. The van der Waals surface area contributed by atoms with E-state index in [1.165, 1.54) is 20.8 Å². The maximum atomic E-state index is 14.9. The number of primary amides is 1. The second kappa shape index (κ2) is 23.8. The maximum absolute atomic E-state index is 14.9. The maximum Gasteiger partial charge on any atom is 0.399 e. The van der Waals surface area contributed by atoms with Crippen molar-refractivity contribution < 1.29 is 71.0 Å². The Balaban J connectivity index is 0.875. The van der Waals surface area contributed by atoms with Crippen LogP contribution in [0.3, 0.4) is 0 Å². The van der Waals surface area contributed by atoms with Crippen molar-refractivity contribution in [2.75, 3.05) is 19.7 Å². The Hall–Kier alpha value is -8.00. The van der Waals surface area contributed by atoms with Crippen LogP contribution in [0.15, 0.2) is 66.7 Å². The minimum atomic E-state index is -5.93. The summed E-state index contributed by atoms with van der Waals surface area (Å²) in [6.07, 6.45) is 3.31. The molecule has 0 saturated carbocycles. The molecule has 3 aromatic carbocycles. The van der Waals surface area contributed by atoms with Crippen LogP contribution < -0.4 is 31.7 Å². The van der Waals surface area contributed by atoms with Crippen molar-refractivity contribution in [3.8, 4) is 17.6 Å². The molecule has 22 nitrogen and oxygen atoms in total. The number of aromatic amines is 1. The van der Waals surface area contributed by atoms with E-state index in [0.29, 0.717) is 67.6 Å². The summed E-state index contributed by atoms with van der Waals surface area (Å²) < 4.78 is 46.8. The Kier molecular flexibility index (Phi) is 16.8. The fraction of sp³-hybridized carbons (Fsp3) is 0.436.